The molecular formula is C15H12FNO2. The quantitative estimate of drug-likeness (QED) is 0.846. The summed E-state index contributed by atoms with van der Waals surface area (Å²) in [6, 6.07) is 11.3. The summed E-state index contributed by atoms with van der Waals surface area (Å²) >= 11 is 0. The minimum Gasteiger partial charge on any atom is -0.497 e. The lowest BCUT2D eigenvalue weighted by molar-refractivity contribution is 0.404. The number of hydrogen-bond acceptors (Lipinski definition) is 3. The Labute approximate surface area is 110 Å². The SMILES string of the molecule is COc1ccc(OC)c(-c2cc(C#N)ccc2F)c1. The maximum Gasteiger partial charge on any atom is 0.131 e. The Balaban J connectivity index is 2.66. The molecule has 0 fully saturated rings. The number of benzene rings is 2. The first kappa shape index (κ1) is 12.9. The van der Waals surface area contributed by atoms with Gasteiger partial charge in [0.05, 0.1) is 25.9 Å². The highest BCUT2D eigenvalue weighted by Gasteiger charge is 2.12. The highest BCUT2D eigenvalue weighted by Crippen LogP contribution is 2.35. The van der Waals surface area contributed by atoms with Crippen molar-refractivity contribution in [2.75, 3.05) is 14.2 Å². The van der Waals surface area contributed by atoms with E-state index in [1.165, 1.54) is 32.4 Å². The molecule has 0 unspecified atom stereocenters. The Morgan fingerprint density at radius 3 is 2.42 bits per heavy atom. The van der Waals surface area contributed by atoms with E-state index >= 15 is 0 Å². The van der Waals surface area contributed by atoms with Crippen molar-refractivity contribution in [2.45, 2.75) is 0 Å². The van der Waals surface area contributed by atoms with Gasteiger partial charge in [-0.3, -0.25) is 0 Å². The number of nitrogens with zero attached hydrogens (tertiary/aromatic N) is 1. The largest absolute Gasteiger partial charge is 0.497 e. The fourth-order valence-corrected chi connectivity index (χ4v) is 1.83. The van der Waals surface area contributed by atoms with Crippen molar-refractivity contribution in [2.24, 2.45) is 0 Å². The zero-order valence-corrected chi connectivity index (χ0v) is 10.6. The number of nitriles is 1. The van der Waals surface area contributed by atoms with E-state index in [4.69, 9.17) is 14.7 Å². The lowest BCUT2D eigenvalue weighted by Gasteiger charge is -2.11. The van der Waals surface area contributed by atoms with E-state index in [9.17, 15) is 4.39 Å². The van der Waals surface area contributed by atoms with Gasteiger partial charge in [-0.1, -0.05) is 0 Å². The van der Waals surface area contributed by atoms with E-state index in [-0.39, 0.29) is 0 Å². The van der Waals surface area contributed by atoms with Crippen LogP contribution in [0.3, 0.4) is 0 Å². The molecule has 0 spiro atoms. The second kappa shape index (κ2) is 5.40. The fourth-order valence-electron chi connectivity index (χ4n) is 1.83. The molecular weight excluding hydrogens is 245 g/mol. The first-order valence-corrected chi connectivity index (χ1v) is 5.61. The van der Waals surface area contributed by atoms with Gasteiger partial charge in [0.1, 0.15) is 17.3 Å². The van der Waals surface area contributed by atoms with Crippen LogP contribution in [0.2, 0.25) is 0 Å². The molecule has 0 saturated carbocycles. The Hall–Kier alpha value is -2.54. The molecule has 0 N–H and O–H groups in total. The lowest BCUT2D eigenvalue weighted by Crippen LogP contribution is -1.93. The summed E-state index contributed by atoms with van der Waals surface area (Å²) in [5, 5.41) is 8.90. The molecule has 0 atom stereocenters. The molecule has 0 aromatic heterocycles. The van der Waals surface area contributed by atoms with Gasteiger partial charge in [0.25, 0.3) is 0 Å². The van der Waals surface area contributed by atoms with Gasteiger partial charge in [0.2, 0.25) is 0 Å². The van der Waals surface area contributed by atoms with Gasteiger partial charge >= 0.3 is 0 Å². The zero-order chi connectivity index (χ0) is 13.8. The van der Waals surface area contributed by atoms with Crippen LogP contribution in [-0.2, 0) is 0 Å². The van der Waals surface area contributed by atoms with Crippen LogP contribution < -0.4 is 9.47 Å². The van der Waals surface area contributed by atoms with Crippen molar-refractivity contribution < 1.29 is 13.9 Å². The summed E-state index contributed by atoms with van der Waals surface area (Å²) in [5.74, 6) is 0.706. The summed E-state index contributed by atoms with van der Waals surface area (Å²) in [6.45, 7) is 0. The molecule has 2 aromatic rings. The normalized spacial score (nSPS) is 9.79. The molecule has 0 bridgehead atoms. The van der Waals surface area contributed by atoms with Crippen LogP contribution in [0, 0.1) is 17.1 Å². The van der Waals surface area contributed by atoms with E-state index in [0.29, 0.717) is 28.2 Å². The molecule has 0 aliphatic carbocycles. The Kier molecular flexibility index (Phi) is 3.67. The topological polar surface area (TPSA) is 42.2 Å². The number of rotatable bonds is 3. The van der Waals surface area contributed by atoms with Crippen LogP contribution in [0.15, 0.2) is 36.4 Å². The summed E-state index contributed by atoms with van der Waals surface area (Å²) in [6.07, 6.45) is 0. The number of halogens is 1. The fraction of sp³-hybridized carbons (Fsp3) is 0.133. The molecule has 2 aromatic carbocycles. The molecule has 0 saturated heterocycles. The van der Waals surface area contributed by atoms with E-state index < -0.39 is 5.82 Å². The van der Waals surface area contributed by atoms with Crippen LogP contribution in [0.1, 0.15) is 5.56 Å². The van der Waals surface area contributed by atoms with Gasteiger partial charge < -0.3 is 9.47 Å². The Morgan fingerprint density at radius 1 is 1.00 bits per heavy atom. The third-order valence-electron chi connectivity index (χ3n) is 2.79. The standard InChI is InChI=1S/C15H12FNO2/c1-18-11-4-6-15(19-2)13(8-11)12-7-10(9-17)3-5-14(12)16/h3-8H,1-2H3. The molecule has 0 heterocycles. The molecule has 0 amide bonds. The zero-order valence-electron chi connectivity index (χ0n) is 10.6. The molecule has 3 nitrogen and oxygen atoms in total. The molecule has 4 heteroatoms. The minimum atomic E-state index is -0.412. The van der Waals surface area contributed by atoms with E-state index in [0.717, 1.165) is 0 Å². The van der Waals surface area contributed by atoms with Crippen molar-refractivity contribution in [3.8, 4) is 28.7 Å². The summed E-state index contributed by atoms with van der Waals surface area (Å²) in [4.78, 5) is 0. The molecule has 0 aliphatic heterocycles. The monoisotopic (exact) mass is 257 g/mol. The molecule has 96 valence electrons. The van der Waals surface area contributed by atoms with Crippen LogP contribution in [0.25, 0.3) is 11.1 Å². The average molecular weight is 257 g/mol. The Morgan fingerprint density at radius 2 is 1.79 bits per heavy atom. The molecule has 0 radical (unpaired) electrons. The van der Waals surface area contributed by atoms with E-state index in [2.05, 4.69) is 0 Å². The van der Waals surface area contributed by atoms with Gasteiger partial charge in [0, 0.05) is 11.1 Å². The van der Waals surface area contributed by atoms with Crippen molar-refractivity contribution in [1.82, 2.24) is 0 Å². The van der Waals surface area contributed by atoms with Crippen molar-refractivity contribution in [1.29, 1.82) is 5.26 Å². The van der Waals surface area contributed by atoms with Gasteiger partial charge in [-0.05, 0) is 36.4 Å². The summed E-state index contributed by atoms with van der Waals surface area (Å²) < 4.78 is 24.3. The summed E-state index contributed by atoms with van der Waals surface area (Å²) in [5.41, 5.74) is 1.26. The molecule has 0 aliphatic rings. The molecule has 19 heavy (non-hydrogen) atoms. The van der Waals surface area contributed by atoms with Crippen LogP contribution in [0.4, 0.5) is 4.39 Å². The highest BCUT2D eigenvalue weighted by atomic mass is 19.1. The van der Waals surface area contributed by atoms with Gasteiger partial charge in [-0.2, -0.15) is 5.26 Å². The second-order valence-corrected chi connectivity index (χ2v) is 3.87. The third kappa shape index (κ3) is 2.50. The van der Waals surface area contributed by atoms with Crippen LogP contribution >= 0.6 is 0 Å². The van der Waals surface area contributed by atoms with Gasteiger partial charge in [-0.25, -0.2) is 4.39 Å². The predicted molar refractivity (Wildman–Crippen MR) is 69.7 cm³/mol. The van der Waals surface area contributed by atoms with Gasteiger partial charge in [0.15, 0.2) is 0 Å². The number of hydrogen-bond donors (Lipinski definition) is 0. The lowest BCUT2D eigenvalue weighted by atomic mass is 10.0. The predicted octanol–water partition coefficient (Wildman–Crippen LogP) is 3.38. The van der Waals surface area contributed by atoms with Crippen LogP contribution in [-0.4, -0.2) is 14.2 Å². The highest BCUT2D eigenvalue weighted by molar-refractivity contribution is 5.73. The third-order valence-corrected chi connectivity index (χ3v) is 2.79. The second-order valence-electron chi connectivity index (χ2n) is 3.87. The summed E-state index contributed by atoms with van der Waals surface area (Å²) in [7, 11) is 3.05. The van der Waals surface area contributed by atoms with Crippen molar-refractivity contribution in [3.05, 3.63) is 47.8 Å². The van der Waals surface area contributed by atoms with Crippen molar-refractivity contribution in [3.63, 3.8) is 0 Å². The number of methoxy groups -OCH3 is 2. The van der Waals surface area contributed by atoms with Crippen LogP contribution in [0.5, 0.6) is 11.5 Å². The molecule has 2 rings (SSSR count). The van der Waals surface area contributed by atoms with E-state index in [1.807, 2.05) is 6.07 Å². The maximum absolute atomic E-state index is 13.9. The first-order valence-electron chi connectivity index (χ1n) is 5.61. The Bertz CT molecular complexity index is 647. The minimum absolute atomic E-state index is 0.315. The van der Waals surface area contributed by atoms with E-state index in [1.54, 1.807) is 18.2 Å². The van der Waals surface area contributed by atoms with Gasteiger partial charge in [-0.15, -0.1) is 0 Å². The van der Waals surface area contributed by atoms with Crippen molar-refractivity contribution >= 4 is 0 Å². The average Bonchev–Trinajstić information content (AvgIpc) is 2.47. The smallest absolute Gasteiger partial charge is 0.131 e. The first-order chi connectivity index (χ1) is 9.19. The maximum atomic E-state index is 13.9. The number of ether oxygens (including phenoxy) is 2.